The second-order valence-corrected chi connectivity index (χ2v) is 6.38. The second kappa shape index (κ2) is 5.31. The molecular weight excluding hydrogens is 254 g/mol. The predicted molar refractivity (Wildman–Crippen MR) is 78.2 cm³/mol. The number of carbonyl (C=O) groups is 1. The Morgan fingerprint density at radius 3 is 2.70 bits per heavy atom. The minimum Gasteiger partial charge on any atom is -0.444 e. The van der Waals surface area contributed by atoms with Crippen LogP contribution in [0.4, 0.5) is 10.5 Å². The number of carbonyl (C=O) groups excluding carboxylic acids is 1. The third kappa shape index (κ3) is 3.21. The lowest BCUT2D eigenvalue weighted by Crippen LogP contribution is -2.40. The Hall–Kier alpha value is -1.78. The summed E-state index contributed by atoms with van der Waals surface area (Å²) < 4.78 is 5.51. The third-order valence-corrected chi connectivity index (χ3v) is 3.44. The van der Waals surface area contributed by atoms with Crippen molar-refractivity contribution in [1.82, 2.24) is 9.88 Å². The molecule has 5 nitrogen and oxygen atoms in total. The van der Waals surface area contributed by atoms with Crippen LogP contribution in [0.1, 0.15) is 52.1 Å². The number of amides is 1. The van der Waals surface area contributed by atoms with Crippen LogP contribution in [0.5, 0.6) is 0 Å². The van der Waals surface area contributed by atoms with Crippen molar-refractivity contribution in [2.24, 2.45) is 0 Å². The number of ether oxygens (including phenoxy) is 1. The average molecular weight is 277 g/mol. The van der Waals surface area contributed by atoms with E-state index in [9.17, 15) is 4.79 Å². The van der Waals surface area contributed by atoms with Crippen LogP contribution in [0.15, 0.2) is 18.5 Å². The van der Waals surface area contributed by atoms with E-state index in [1.54, 1.807) is 12.4 Å². The molecule has 1 aromatic rings. The van der Waals surface area contributed by atoms with Gasteiger partial charge < -0.3 is 10.5 Å². The summed E-state index contributed by atoms with van der Waals surface area (Å²) in [5.74, 6) is 0. The van der Waals surface area contributed by atoms with Crippen molar-refractivity contribution in [3.8, 4) is 0 Å². The van der Waals surface area contributed by atoms with Gasteiger partial charge in [0.05, 0.1) is 11.7 Å². The molecule has 1 amide bonds. The minimum absolute atomic E-state index is 0.00384. The maximum atomic E-state index is 12.4. The molecule has 0 spiro atoms. The molecule has 110 valence electrons. The van der Waals surface area contributed by atoms with Gasteiger partial charge in [0.15, 0.2) is 0 Å². The molecule has 0 bridgehead atoms. The highest BCUT2D eigenvalue weighted by Crippen LogP contribution is 2.37. The molecule has 1 aliphatic rings. The second-order valence-electron chi connectivity index (χ2n) is 6.38. The van der Waals surface area contributed by atoms with E-state index in [4.69, 9.17) is 10.5 Å². The summed E-state index contributed by atoms with van der Waals surface area (Å²) in [6.45, 7) is 7.68. The molecular formula is C15H23N3O2. The molecule has 0 saturated carbocycles. The van der Waals surface area contributed by atoms with Gasteiger partial charge in [0.1, 0.15) is 5.60 Å². The van der Waals surface area contributed by atoms with Crippen LogP contribution < -0.4 is 5.73 Å². The number of pyridine rings is 1. The first-order valence-corrected chi connectivity index (χ1v) is 6.99. The van der Waals surface area contributed by atoms with Gasteiger partial charge in [0.25, 0.3) is 0 Å². The van der Waals surface area contributed by atoms with Crippen LogP contribution in [0.25, 0.3) is 0 Å². The Balaban J connectivity index is 2.23. The van der Waals surface area contributed by atoms with E-state index in [2.05, 4.69) is 4.98 Å². The zero-order valence-corrected chi connectivity index (χ0v) is 12.6. The van der Waals surface area contributed by atoms with Crippen LogP contribution in [0, 0.1) is 0 Å². The minimum atomic E-state index is -0.488. The Kier molecular flexibility index (Phi) is 3.88. The largest absolute Gasteiger partial charge is 0.444 e. The van der Waals surface area contributed by atoms with E-state index in [0.717, 1.165) is 18.4 Å². The molecule has 1 saturated heterocycles. The topological polar surface area (TPSA) is 68.5 Å². The Bertz CT molecular complexity index is 496. The van der Waals surface area contributed by atoms with E-state index in [-0.39, 0.29) is 18.2 Å². The number of aromatic nitrogens is 1. The Morgan fingerprint density at radius 2 is 2.10 bits per heavy atom. The summed E-state index contributed by atoms with van der Waals surface area (Å²) in [4.78, 5) is 18.3. The number of anilines is 1. The first kappa shape index (κ1) is 14.6. The van der Waals surface area contributed by atoms with Gasteiger partial charge in [-0.3, -0.25) is 9.88 Å². The molecule has 0 aromatic carbocycles. The lowest BCUT2D eigenvalue weighted by Gasteiger charge is -2.31. The van der Waals surface area contributed by atoms with Gasteiger partial charge >= 0.3 is 6.09 Å². The smallest absolute Gasteiger partial charge is 0.411 e. The van der Waals surface area contributed by atoms with Crippen LogP contribution in [-0.2, 0) is 4.74 Å². The highest BCUT2D eigenvalue weighted by molar-refractivity contribution is 5.70. The summed E-state index contributed by atoms with van der Waals surface area (Å²) in [5, 5.41) is 0. The quantitative estimate of drug-likeness (QED) is 0.856. The van der Waals surface area contributed by atoms with Crippen molar-refractivity contribution in [1.29, 1.82) is 0 Å². The lowest BCUT2D eigenvalue weighted by molar-refractivity contribution is 0.0158. The molecule has 0 aliphatic carbocycles. The first-order chi connectivity index (χ1) is 9.28. The van der Waals surface area contributed by atoms with Crippen molar-refractivity contribution in [2.75, 3.05) is 5.73 Å². The van der Waals surface area contributed by atoms with Gasteiger partial charge in [-0.05, 0) is 52.2 Å². The van der Waals surface area contributed by atoms with Crippen molar-refractivity contribution < 1.29 is 9.53 Å². The van der Waals surface area contributed by atoms with Gasteiger partial charge in [-0.1, -0.05) is 0 Å². The summed E-state index contributed by atoms with van der Waals surface area (Å²) in [5.41, 5.74) is 6.89. The van der Waals surface area contributed by atoms with Gasteiger partial charge in [-0.2, -0.15) is 0 Å². The summed E-state index contributed by atoms with van der Waals surface area (Å²) in [6, 6.07) is 2.04. The summed E-state index contributed by atoms with van der Waals surface area (Å²) in [6.07, 6.45) is 4.98. The number of hydrogen-bond donors (Lipinski definition) is 1. The maximum absolute atomic E-state index is 12.4. The lowest BCUT2D eigenvalue weighted by atomic mass is 10.1. The van der Waals surface area contributed by atoms with Crippen molar-refractivity contribution in [3.05, 3.63) is 24.0 Å². The van der Waals surface area contributed by atoms with Gasteiger partial charge in [0, 0.05) is 18.4 Å². The fourth-order valence-corrected chi connectivity index (χ4v) is 2.59. The number of nitrogen functional groups attached to an aromatic ring is 1. The maximum Gasteiger partial charge on any atom is 0.411 e. The Labute approximate surface area is 120 Å². The number of nitrogens with zero attached hydrogens (tertiary/aromatic N) is 2. The highest BCUT2D eigenvalue weighted by Gasteiger charge is 2.37. The molecule has 1 aromatic heterocycles. The fourth-order valence-electron chi connectivity index (χ4n) is 2.59. The first-order valence-electron chi connectivity index (χ1n) is 6.99. The zero-order valence-electron chi connectivity index (χ0n) is 12.6. The van der Waals surface area contributed by atoms with Crippen LogP contribution >= 0.6 is 0 Å². The summed E-state index contributed by atoms with van der Waals surface area (Å²) >= 11 is 0. The fraction of sp³-hybridized carbons (Fsp3) is 0.600. The van der Waals surface area contributed by atoms with Gasteiger partial charge in [-0.15, -0.1) is 0 Å². The molecule has 1 fully saturated rings. The van der Waals surface area contributed by atoms with Crippen LogP contribution in [0.3, 0.4) is 0 Å². The standard InChI is InChI=1S/C15H23N3O2/c1-10-5-6-13(11-7-12(16)9-17-8-11)18(10)14(19)20-15(2,3)4/h7-10,13H,5-6,16H2,1-4H3/t10-,13+/m1/s1. The van der Waals surface area contributed by atoms with E-state index in [1.807, 2.05) is 38.7 Å². The molecule has 0 unspecified atom stereocenters. The van der Waals surface area contributed by atoms with Crippen molar-refractivity contribution in [3.63, 3.8) is 0 Å². The molecule has 2 atom stereocenters. The SMILES string of the molecule is C[C@@H]1CC[C@@H](c2cncc(N)c2)N1C(=O)OC(C)(C)C. The third-order valence-electron chi connectivity index (χ3n) is 3.44. The highest BCUT2D eigenvalue weighted by atomic mass is 16.6. The van der Waals surface area contributed by atoms with E-state index in [1.165, 1.54) is 0 Å². The molecule has 2 N–H and O–H groups in total. The zero-order chi connectivity index (χ0) is 14.9. The molecule has 2 rings (SSSR count). The van der Waals surface area contributed by atoms with E-state index < -0.39 is 5.60 Å². The number of nitrogens with two attached hydrogens (primary N) is 1. The van der Waals surface area contributed by atoms with Crippen LogP contribution in [0.2, 0.25) is 0 Å². The van der Waals surface area contributed by atoms with Crippen molar-refractivity contribution >= 4 is 11.8 Å². The van der Waals surface area contributed by atoms with Crippen LogP contribution in [-0.4, -0.2) is 27.6 Å². The number of rotatable bonds is 1. The summed E-state index contributed by atoms with van der Waals surface area (Å²) in [7, 11) is 0. The molecule has 1 aliphatic heterocycles. The molecule has 5 heteroatoms. The monoisotopic (exact) mass is 277 g/mol. The van der Waals surface area contributed by atoms with Gasteiger partial charge in [-0.25, -0.2) is 4.79 Å². The van der Waals surface area contributed by atoms with E-state index >= 15 is 0 Å². The number of likely N-dealkylation sites (tertiary alicyclic amines) is 1. The molecule has 0 radical (unpaired) electrons. The molecule has 20 heavy (non-hydrogen) atoms. The predicted octanol–water partition coefficient (Wildman–Crippen LogP) is 3.12. The normalized spacial score (nSPS) is 22.9. The molecule has 2 heterocycles. The average Bonchev–Trinajstić information content (AvgIpc) is 2.69. The van der Waals surface area contributed by atoms with Crippen molar-refractivity contribution in [2.45, 2.75) is 58.2 Å². The number of hydrogen-bond acceptors (Lipinski definition) is 4. The Morgan fingerprint density at radius 1 is 1.40 bits per heavy atom. The van der Waals surface area contributed by atoms with E-state index in [0.29, 0.717) is 5.69 Å². The van der Waals surface area contributed by atoms with Gasteiger partial charge in [0.2, 0.25) is 0 Å².